The van der Waals surface area contributed by atoms with Crippen LogP contribution in [0, 0.1) is 0 Å². The van der Waals surface area contributed by atoms with Crippen LogP contribution in [0.2, 0.25) is 0 Å². The molecule has 0 spiro atoms. The molecule has 2 aromatic rings. The Balaban J connectivity index is 2.48. The number of aromatic amines is 1. The molecule has 0 amide bonds. The number of hydrogen-bond acceptors (Lipinski definition) is 4. The summed E-state index contributed by atoms with van der Waals surface area (Å²) in [5.41, 5.74) is 7.84. The first kappa shape index (κ1) is 11.9. The standard InChI is InChI=1S/C12H13N3OS/c1-17-10-4-2-8(3-5-10)12-9(7-13)6-11(16)14-15-12/h2-6H,7,13H2,1H3,(H,14,16). The van der Waals surface area contributed by atoms with Crippen LogP contribution in [-0.4, -0.2) is 16.5 Å². The third-order valence-electron chi connectivity index (χ3n) is 2.47. The zero-order valence-electron chi connectivity index (χ0n) is 9.43. The van der Waals surface area contributed by atoms with Crippen molar-refractivity contribution >= 4 is 11.8 Å². The lowest BCUT2D eigenvalue weighted by atomic mass is 10.1. The Morgan fingerprint density at radius 1 is 1.35 bits per heavy atom. The van der Waals surface area contributed by atoms with Gasteiger partial charge in [0.15, 0.2) is 0 Å². The molecule has 0 bridgehead atoms. The molecule has 4 nitrogen and oxygen atoms in total. The smallest absolute Gasteiger partial charge is 0.264 e. The Morgan fingerprint density at radius 3 is 2.65 bits per heavy atom. The molecular weight excluding hydrogens is 234 g/mol. The second-order valence-corrected chi connectivity index (χ2v) is 4.42. The lowest BCUT2D eigenvalue weighted by Gasteiger charge is -2.06. The van der Waals surface area contributed by atoms with E-state index in [4.69, 9.17) is 5.73 Å². The predicted molar refractivity (Wildman–Crippen MR) is 70.0 cm³/mol. The predicted octanol–water partition coefficient (Wildman–Crippen LogP) is 1.62. The molecule has 0 aliphatic heterocycles. The minimum Gasteiger partial charge on any atom is -0.326 e. The van der Waals surface area contributed by atoms with Gasteiger partial charge in [0, 0.05) is 23.1 Å². The largest absolute Gasteiger partial charge is 0.326 e. The van der Waals surface area contributed by atoms with Gasteiger partial charge in [-0.05, 0) is 24.0 Å². The lowest BCUT2D eigenvalue weighted by molar-refractivity contribution is 0.944. The molecule has 0 aliphatic carbocycles. The second kappa shape index (κ2) is 5.16. The third-order valence-corrected chi connectivity index (χ3v) is 3.21. The molecule has 1 heterocycles. The van der Waals surface area contributed by atoms with Gasteiger partial charge in [0.1, 0.15) is 0 Å². The molecule has 0 aliphatic rings. The van der Waals surface area contributed by atoms with Crippen LogP contribution in [0.25, 0.3) is 11.3 Å². The monoisotopic (exact) mass is 247 g/mol. The van der Waals surface area contributed by atoms with Crippen molar-refractivity contribution in [2.45, 2.75) is 11.4 Å². The summed E-state index contributed by atoms with van der Waals surface area (Å²) in [6.45, 7) is 0.302. The number of nitrogens with two attached hydrogens (primary N) is 1. The summed E-state index contributed by atoms with van der Waals surface area (Å²) in [4.78, 5) is 12.3. The van der Waals surface area contributed by atoms with Crippen molar-refractivity contribution in [1.82, 2.24) is 10.2 Å². The van der Waals surface area contributed by atoms with Gasteiger partial charge in [0.05, 0.1) is 5.69 Å². The van der Waals surface area contributed by atoms with E-state index in [1.807, 2.05) is 30.5 Å². The minimum atomic E-state index is -0.227. The average molecular weight is 247 g/mol. The van der Waals surface area contributed by atoms with E-state index in [0.717, 1.165) is 16.8 Å². The molecule has 0 saturated carbocycles. The Morgan fingerprint density at radius 2 is 2.06 bits per heavy atom. The van der Waals surface area contributed by atoms with Gasteiger partial charge in [0.2, 0.25) is 0 Å². The summed E-state index contributed by atoms with van der Waals surface area (Å²) in [5, 5.41) is 6.49. The zero-order chi connectivity index (χ0) is 12.3. The normalized spacial score (nSPS) is 10.5. The van der Waals surface area contributed by atoms with Gasteiger partial charge in [-0.25, -0.2) is 5.10 Å². The summed E-state index contributed by atoms with van der Waals surface area (Å²) in [6, 6.07) is 9.49. The van der Waals surface area contributed by atoms with E-state index >= 15 is 0 Å². The van der Waals surface area contributed by atoms with Crippen molar-refractivity contribution in [3.8, 4) is 11.3 Å². The summed E-state index contributed by atoms with van der Waals surface area (Å²) in [7, 11) is 0. The Labute approximate surface area is 103 Å². The molecule has 17 heavy (non-hydrogen) atoms. The highest BCUT2D eigenvalue weighted by Gasteiger charge is 2.06. The Bertz CT molecular complexity index is 563. The van der Waals surface area contributed by atoms with E-state index in [1.54, 1.807) is 11.8 Å². The van der Waals surface area contributed by atoms with E-state index in [9.17, 15) is 4.79 Å². The molecule has 0 radical (unpaired) electrons. The topological polar surface area (TPSA) is 71.8 Å². The highest BCUT2D eigenvalue weighted by molar-refractivity contribution is 7.98. The van der Waals surface area contributed by atoms with Crippen molar-refractivity contribution in [2.24, 2.45) is 5.73 Å². The maximum Gasteiger partial charge on any atom is 0.264 e. The van der Waals surface area contributed by atoms with Crippen molar-refractivity contribution in [1.29, 1.82) is 0 Å². The fourth-order valence-corrected chi connectivity index (χ4v) is 2.00. The molecule has 1 aromatic heterocycles. The van der Waals surface area contributed by atoms with Gasteiger partial charge in [-0.15, -0.1) is 11.8 Å². The van der Waals surface area contributed by atoms with Gasteiger partial charge in [-0.2, -0.15) is 5.10 Å². The molecule has 88 valence electrons. The molecule has 3 N–H and O–H groups in total. The zero-order valence-corrected chi connectivity index (χ0v) is 10.3. The third kappa shape index (κ3) is 2.57. The fraction of sp³-hybridized carbons (Fsp3) is 0.167. The second-order valence-electron chi connectivity index (χ2n) is 3.54. The molecule has 0 atom stereocenters. The van der Waals surface area contributed by atoms with Crippen molar-refractivity contribution < 1.29 is 0 Å². The number of hydrogen-bond donors (Lipinski definition) is 2. The first-order valence-electron chi connectivity index (χ1n) is 5.17. The van der Waals surface area contributed by atoms with E-state index < -0.39 is 0 Å². The van der Waals surface area contributed by atoms with Crippen LogP contribution in [0.15, 0.2) is 40.0 Å². The molecule has 0 saturated heterocycles. The maximum absolute atomic E-state index is 11.2. The summed E-state index contributed by atoms with van der Waals surface area (Å²) >= 11 is 1.68. The van der Waals surface area contributed by atoms with E-state index in [2.05, 4.69) is 10.2 Å². The number of benzene rings is 1. The maximum atomic E-state index is 11.2. The van der Waals surface area contributed by atoms with Crippen LogP contribution >= 0.6 is 11.8 Å². The first-order valence-corrected chi connectivity index (χ1v) is 6.40. The van der Waals surface area contributed by atoms with Crippen LogP contribution in [0.4, 0.5) is 0 Å². The highest BCUT2D eigenvalue weighted by atomic mass is 32.2. The summed E-state index contributed by atoms with van der Waals surface area (Å²) in [5.74, 6) is 0. The van der Waals surface area contributed by atoms with Crippen molar-refractivity contribution in [2.75, 3.05) is 6.26 Å². The van der Waals surface area contributed by atoms with Crippen LogP contribution < -0.4 is 11.3 Å². The number of H-pyrrole nitrogens is 1. The number of aromatic nitrogens is 2. The number of rotatable bonds is 3. The molecule has 5 heteroatoms. The molecule has 0 fully saturated rings. The number of nitrogens with zero attached hydrogens (tertiary/aromatic N) is 1. The van der Waals surface area contributed by atoms with Gasteiger partial charge < -0.3 is 5.73 Å². The lowest BCUT2D eigenvalue weighted by Crippen LogP contribution is -2.12. The van der Waals surface area contributed by atoms with Crippen molar-refractivity contribution in [3.63, 3.8) is 0 Å². The van der Waals surface area contributed by atoms with Crippen LogP contribution in [0.1, 0.15) is 5.56 Å². The van der Waals surface area contributed by atoms with E-state index in [1.165, 1.54) is 11.0 Å². The van der Waals surface area contributed by atoms with Crippen LogP contribution in [-0.2, 0) is 6.54 Å². The average Bonchev–Trinajstić information content (AvgIpc) is 2.39. The van der Waals surface area contributed by atoms with Crippen LogP contribution in [0.5, 0.6) is 0 Å². The Kier molecular flexibility index (Phi) is 3.61. The van der Waals surface area contributed by atoms with Crippen LogP contribution in [0.3, 0.4) is 0 Å². The van der Waals surface area contributed by atoms with E-state index in [0.29, 0.717) is 6.54 Å². The molecule has 1 aromatic carbocycles. The number of thioether (sulfide) groups is 1. The summed E-state index contributed by atoms with van der Waals surface area (Å²) < 4.78 is 0. The number of nitrogens with one attached hydrogen (secondary N) is 1. The molecule has 0 unspecified atom stereocenters. The van der Waals surface area contributed by atoms with Gasteiger partial charge in [-0.1, -0.05) is 12.1 Å². The van der Waals surface area contributed by atoms with Gasteiger partial charge in [0.25, 0.3) is 5.56 Å². The molecular formula is C12H13N3OS. The first-order chi connectivity index (χ1) is 8.24. The SMILES string of the molecule is CSc1ccc(-c2n[nH]c(=O)cc2CN)cc1. The van der Waals surface area contributed by atoms with E-state index in [-0.39, 0.29) is 5.56 Å². The fourth-order valence-electron chi connectivity index (χ4n) is 1.60. The van der Waals surface area contributed by atoms with Gasteiger partial charge in [-0.3, -0.25) is 4.79 Å². The Hall–Kier alpha value is -1.59. The molecule has 2 rings (SSSR count). The highest BCUT2D eigenvalue weighted by Crippen LogP contribution is 2.22. The van der Waals surface area contributed by atoms with Crippen molar-refractivity contribution in [3.05, 3.63) is 46.2 Å². The van der Waals surface area contributed by atoms with Gasteiger partial charge >= 0.3 is 0 Å². The minimum absolute atomic E-state index is 0.227. The summed E-state index contributed by atoms with van der Waals surface area (Å²) in [6.07, 6.45) is 2.03. The quantitative estimate of drug-likeness (QED) is 0.808.